The van der Waals surface area contributed by atoms with Crippen molar-refractivity contribution in [3.63, 3.8) is 0 Å². The molecule has 3 saturated heterocycles. The van der Waals surface area contributed by atoms with Crippen LogP contribution in [0.15, 0.2) is 30.2 Å². The fourth-order valence-corrected chi connectivity index (χ4v) is 4.88. The van der Waals surface area contributed by atoms with Crippen LogP contribution in [0.3, 0.4) is 0 Å². The number of ether oxygens (including phenoxy) is 1. The average Bonchev–Trinajstić information content (AvgIpc) is 3.41. The fraction of sp³-hybridized carbons (Fsp3) is 0.619. The molecule has 9 nitrogen and oxygen atoms in total. The van der Waals surface area contributed by atoms with Gasteiger partial charge in [-0.3, -0.25) is 4.79 Å². The van der Waals surface area contributed by atoms with E-state index < -0.39 is 0 Å². The number of nitrogens with zero attached hydrogens (tertiary/aromatic N) is 5. The third-order valence-corrected chi connectivity index (χ3v) is 6.94. The molecule has 30 heavy (non-hydrogen) atoms. The van der Waals surface area contributed by atoms with Crippen LogP contribution in [0.4, 0.5) is 5.82 Å². The number of aromatic nitrogens is 4. The molecule has 2 aromatic rings. The van der Waals surface area contributed by atoms with E-state index in [4.69, 9.17) is 4.74 Å². The molecule has 1 aliphatic carbocycles. The van der Waals surface area contributed by atoms with E-state index >= 15 is 0 Å². The highest BCUT2D eigenvalue weighted by atomic mass is 16.5. The third kappa shape index (κ3) is 3.79. The molecule has 1 saturated carbocycles. The molecule has 6 rings (SSSR count). The van der Waals surface area contributed by atoms with Crippen molar-refractivity contribution in [1.29, 1.82) is 0 Å². The third-order valence-electron chi connectivity index (χ3n) is 6.94. The smallest absolute Gasteiger partial charge is 0.254 e. The summed E-state index contributed by atoms with van der Waals surface area (Å²) in [5, 5.41) is 10.8. The van der Waals surface area contributed by atoms with Crippen LogP contribution in [0.1, 0.15) is 32.1 Å². The van der Waals surface area contributed by atoms with E-state index in [0.29, 0.717) is 18.9 Å². The van der Waals surface area contributed by atoms with Gasteiger partial charge in [0.15, 0.2) is 0 Å². The van der Waals surface area contributed by atoms with Crippen LogP contribution in [0.25, 0.3) is 5.78 Å². The Kier molecular flexibility index (Phi) is 4.94. The van der Waals surface area contributed by atoms with E-state index in [0.717, 1.165) is 57.6 Å². The summed E-state index contributed by atoms with van der Waals surface area (Å²) >= 11 is 0. The van der Waals surface area contributed by atoms with Crippen molar-refractivity contribution in [1.82, 2.24) is 29.8 Å². The Morgan fingerprint density at radius 2 is 2.13 bits per heavy atom. The molecule has 4 fully saturated rings. The molecule has 4 aliphatic rings. The summed E-state index contributed by atoms with van der Waals surface area (Å²) in [5.41, 5.74) is 1.13. The van der Waals surface area contributed by atoms with Crippen LogP contribution < -0.4 is 10.6 Å². The van der Waals surface area contributed by atoms with Crippen molar-refractivity contribution in [2.45, 2.75) is 37.7 Å². The van der Waals surface area contributed by atoms with Crippen LogP contribution in [0.5, 0.6) is 0 Å². The van der Waals surface area contributed by atoms with Gasteiger partial charge >= 0.3 is 0 Å². The lowest BCUT2D eigenvalue weighted by Gasteiger charge is -2.53. The van der Waals surface area contributed by atoms with Crippen molar-refractivity contribution in [3.8, 4) is 0 Å². The Labute approximate surface area is 175 Å². The minimum Gasteiger partial charge on any atom is -0.373 e. The first-order valence-electron chi connectivity index (χ1n) is 10.7. The zero-order valence-electron chi connectivity index (χ0n) is 17.4. The zero-order valence-corrected chi connectivity index (χ0v) is 17.4. The Morgan fingerprint density at radius 3 is 2.87 bits per heavy atom. The van der Waals surface area contributed by atoms with E-state index in [9.17, 15) is 4.79 Å². The molecule has 2 N–H and O–H groups in total. The number of nitrogens with one attached hydrogen (secondary N) is 2. The number of fused-ring (bicyclic) bond motifs is 4. The molecule has 0 aromatic carbocycles. The standard InChI is InChI=1S/C21H29N7O2/c1-27-9-3-16(11-27)10-18(29)24-12-20-4-6-21(7-5-20,30-14-20)13-23-17-2-8-22-19-25-15-26-28(17)19/h2,8,10,15,23H,3-7,9,11-14H2,1H3,(H,24,29)/b16-10+. The molecule has 2 aromatic heterocycles. The van der Waals surface area contributed by atoms with Crippen LogP contribution in [0, 0.1) is 5.41 Å². The van der Waals surface area contributed by atoms with Crippen molar-refractivity contribution in [3.05, 3.63) is 30.2 Å². The van der Waals surface area contributed by atoms with Crippen LogP contribution in [-0.2, 0) is 9.53 Å². The molecule has 0 radical (unpaired) electrons. The molecule has 0 spiro atoms. The van der Waals surface area contributed by atoms with Gasteiger partial charge in [0.2, 0.25) is 5.91 Å². The molecular formula is C21H29N7O2. The molecule has 3 aliphatic heterocycles. The Morgan fingerprint density at radius 1 is 1.27 bits per heavy atom. The lowest BCUT2D eigenvalue weighted by atomic mass is 9.66. The molecular weight excluding hydrogens is 382 g/mol. The molecule has 0 atom stereocenters. The predicted molar refractivity (Wildman–Crippen MR) is 112 cm³/mol. The van der Waals surface area contributed by atoms with E-state index in [1.807, 2.05) is 6.07 Å². The number of rotatable bonds is 6. The number of likely N-dealkylation sites (tertiary alicyclic amines) is 1. The SMILES string of the molecule is CN1CC/C(=C\C(=O)NCC23CCC(CNc4ccnc5ncnn45)(CC2)OC3)C1. The Balaban J connectivity index is 1.15. The van der Waals surface area contributed by atoms with Crippen molar-refractivity contribution in [2.24, 2.45) is 5.41 Å². The van der Waals surface area contributed by atoms with Gasteiger partial charge in [-0.1, -0.05) is 0 Å². The number of carbonyl (C=O) groups excluding carboxylic acids is 1. The molecule has 9 heteroatoms. The largest absolute Gasteiger partial charge is 0.373 e. The average molecular weight is 412 g/mol. The Bertz CT molecular complexity index is 945. The van der Waals surface area contributed by atoms with Gasteiger partial charge < -0.3 is 20.3 Å². The van der Waals surface area contributed by atoms with Crippen molar-refractivity contribution < 1.29 is 9.53 Å². The number of likely N-dealkylation sites (N-methyl/N-ethyl adjacent to an activating group) is 1. The minimum atomic E-state index is -0.154. The van der Waals surface area contributed by atoms with Gasteiger partial charge in [0.05, 0.1) is 12.2 Å². The maximum atomic E-state index is 12.4. The summed E-state index contributed by atoms with van der Waals surface area (Å²) in [6, 6.07) is 1.90. The normalized spacial score (nSPS) is 30.2. The molecule has 5 heterocycles. The highest BCUT2D eigenvalue weighted by molar-refractivity contribution is 5.88. The highest BCUT2D eigenvalue weighted by Crippen LogP contribution is 2.48. The second-order valence-corrected chi connectivity index (χ2v) is 9.14. The summed E-state index contributed by atoms with van der Waals surface area (Å²) in [5.74, 6) is 1.49. The van der Waals surface area contributed by atoms with Gasteiger partial charge in [-0.25, -0.2) is 4.98 Å². The minimum absolute atomic E-state index is 0.0355. The topological polar surface area (TPSA) is 96.7 Å². The molecule has 160 valence electrons. The quantitative estimate of drug-likeness (QED) is 0.691. The highest BCUT2D eigenvalue weighted by Gasteiger charge is 2.49. The molecule has 0 unspecified atom stereocenters. The molecule has 2 bridgehead atoms. The van der Waals surface area contributed by atoms with Crippen LogP contribution in [-0.4, -0.2) is 75.8 Å². The summed E-state index contributed by atoms with van der Waals surface area (Å²) in [6.07, 6.45) is 10.2. The maximum Gasteiger partial charge on any atom is 0.254 e. The van der Waals surface area contributed by atoms with E-state index in [2.05, 4.69) is 37.6 Å². The van der Waals surface area contributed by atoms with Gasteiger partial charge in [-0.2, -0.15) is 14.6 Å². The van der Waals surface area contributed by atoms with Gasteiger partial charge in [0.1, 0.15) is 12.1 Å². The summed E-state index contributed by atoms with van der Waals surface area (Å²) in [7, 11) is 2.09. The second kappa shape index (κ2) is 7.63. The number of anilines is 1. The van der Waals surface area contributed by atoms with E-state index in [-0.39, 0.29) is 16.9 Å². The van der Waals surface area contributed by atoms with Gasteiger partial charge in [-0.05, 0) is 50.8 Å². The number of hydrogen-bond donors (Lipinski definition) is 2. The summed E-state index contributed by atoms with van der Waals surface area (Å²) in [4.78, 5) is 22.9. The zero-order chi connectivity index (χ0) is 20.6. The van der Waals surface area contributed by atoms with Crippen LogP contribution >= 0.6 is 0 Å². The lowest BCUT2D eigenvalue weighted by molar-refractivity contribution is -0.175. The van der Waals surface area contributed by atoms with Gasteiger partial charge in [0.25, 0.3) is 5.78 Å². The van der Waals surface area contributed by atoms with Gasteiger partial charge in [-0.15, -0.1) is 0 Å². The first-order chi connectivity index (χ1) is 14.5. The van der Waals surface area contributed by atoms with Gasteiger partial charge in [0, 0.05) is 43.9 Å². The summed E-state index contributed by atoms with van der Waals surface area (Å²) < 4.78 is 8.07. The molecule has 1 amide bonds. The number of carbonyl (C=O) groups is 1. The first kappa shape index (κ1) is 19.4. The van der Waals surface area contributed by atoms with E-state index in [1.165, 1.54) is 11.9 Å². The fourth-order valence-electron chi connectivity index (χ4n) is 4.88. The van der Waals surface area contributed by atoms with Crippen LogP contribution in [0.2, 0.25) is 0 Å². The lowest BCUT2D eigenvalue weighted by Crippen LogP contribution is -2.57. The van der Waals surface area contributed by atoms with Crippen molar-refractivity contribution in [2.75, 3.05) is 45.2 Å². The number of amides is 1. The Hall–Kier alpha value is -2.52. The second-order valence-electron chi connectivity index (χ2n) is 9.14. The number of hydrogen-bond acceptors (Lipinski definition) is 7. The first-order valence-corrected chi connectivity index (χ1v) is 10.7. The monoisotopic (exact) mass is 411 g/mol. The van der Waals surface area contributed by atoms with E-state index in [1.54, 1.807) is 16.8 Å². The maximum absolute atomic E-state index is 12.4. The summed E-state index contributed by atoms with van der Waals surface area (Å²) in [6.45, 7) is 4.06. The predicted octanol–water partition coefficient (Wildman–Crippen LogP) is 1.24. The van der Waals surface area contributed by atoms with Crippen molar-refractivity contribution >= 4 is 17.5 Å².